The number of benzene rings is 1. The molecular formula is C16H18ClN5O3. The molecule has 9 heteroatoms. The van der Waals surface area contributed by atoms with Crippen molar-refractivity contribution < 1.29 is 14.3 Å². The maximum absolute atomic E-state index is 12.5. The highest BCUT2D eigenvalue weighted by atomic mass is 35.5. The quantitative estimate of drug-likeness (QED) is 0.839. The molecule has 0 bridgehead atoms. The van der Waals surface area contributed by atoms with Gasteiger partial charge in [-0.1, -0.05) is 23.7 Å². The van der Waals surface area contributed by atoms with Gasteiger partial charge in [0.2, 0.25) is 11.7 Å². The lowest BCUT2D eigenvalue weighted by Gasteiger charge is -2.47. The van der Waals surface area contributed by atoms with E-state index in [9.17, 15) is 9.59 Å². The minimum Gasteiger partial charge on any atom is -0.467 e. The van der Waals surface area contributed by atoms with E-state index in [1.807, 2.05) is 12.1 Å². The molecule has 132 valence electrons. The topological polar surface area (TPSA) is 103 Å². The van der Waals surface area contributed by atoms with Gasteiger partial charge in [0.15, 0.2) is 0 Å². The second-order valence-electron chi connectivity index (χ2n) is 6.15. The number of halogens is 1. The Morgan fingerprint density at radius 2 is 1.96 bits per heavy atom. The van der Waals surface area contributed by atoms with Crippen molar-refractivity contribution >= 4 is 23.4 Å². The summed E-state index contributed by atoms with van der Waals surface area (Å²) in [4.78, 5) is 30.0. The van der Waals surface area contributed by atoms with E-state index in [0.29, 0.717) is 11.4 Å². The van der Waals surface area contributed by atoms with Crippen molar-refractivity contribution in [1.29, 1.82) is 0 Å². The number of likely N-dealkylation sites (tertiary alicyclic amines) is 1. The first-order valence-corrected chi connectivity index (χ1v) is 8.01. The lowest BCUT2D eigenvalue weighted by molar-refractivity contribution is -0.135. The number of rotatable bonds is 5. The highest BCUT2D eigenvalue weighted by Gasteiger charge is 2.50. The average Bonchev–Trinajstić information content (AvgIpc) is 2.92. The zero-order chi connectivity index (χ0) is 18.2. The van der Waals surface area contributed by atoms with E-state index in [2.05, 4.69) is 10.1 Å². The summed E-state index contributed by atoms with van der Waals surface area (Å²) in [6.07, 6.45) is 0.447. The third-order valence-corrected chi connectivity index (χ3v) is 4.60. The number of ether oxygens (including phenoxy) is 1. The summed E-state index contributed by atoms with van der Waals surface area (Å²) in [6, 6.07) is 7.46. The number of aromatic nitrogens is 3. The molecule has 1 fully saturated rings. The van der Waals surface area contributed by atoms with E-state index in [4.69, 9.17) is 22.1 Å². The number of primary amides is 1. The number of nitrogens with two attached hydrogens (primary N) is 1. The average molecular weight is 364 g/mol. The Morgan fingerprint density at radius 1 is 1.32 bits per heavy atom. The van der Waals surface area contributed by atoms with Crippen LogP contribution >= 0.6 is 11.6 Å². The minimum absolute atomic E-state index is 0.0314. The lowest BCUT2D eigenvalue weighted by atomic mass is 9.74. The van der Waals surface area contributed by atoms with Gasteiger partial charge in [0.05, 0.1) is 12.5 Å². The number of nitrogens with zero attached hydrogens (tertiary/aromatic N) is 4. The fraction of sp³-hybridized carbons (Fsp3) is 0.375. The zero-order valence-electron chi connectivity index (χ0n) is 13.9. The first-order chi connectivity index (χ1) is 11.8. The zero-order valence-corrected chi connectivity index (χ0v) is 14.7. The predicted molar refractivity (Wildman–Crippen MR) is 90.2 cm³/mol. The van der Waals surface area contributed by atoms with Crippen LogP contribution in [0, 0.1) is 5.41 Å². The van der Waals surface area contributed by atoms with Crippen molar-refractivity contribution in [1.82, 2.24) is 19.7 Å². The first-order valence-electron chi connectivity index (χ1n) is 7.63. The van der Waals surface area contributed by atoms with Gasteiger partial charge in [0.25, 0.3) is 5.91 Å². The van der Waals surface area contributed by atoms with Gasteiger partial charge in [-0.25, -0.2) is 4.68 Å². The fourth-order valence-electron chi connectivity index (χ4n) is 2.96. The molecule has 3 rings (SSSR count). The van der Waals surface area contributed by atoms with Crippen LogP contribution in [0.5, 0.6) is 6.01 Å². The van der Waals surface area contributed by atoms with Crippen LogP contribution in [0.3, 0.4) is 0 Å². The SMILES string of the molecule is COc1nc(C(=O)N2CC(Cc3ccc(Cl)cc3)(C(N)=O)C2)nn1C. The van der Waals surface area contributed by atoms with E-state index in [1.165, 1.54) is 16.7 Å². The van der Waals surface area contributed by atoms with Crippen LogP contribution in [0.1, 0.15) is 16.2 Å². The molecule has 1 aliphatic rings. The van der Waals surface area contributed by atoms with Crippen LogP contribution in [0.2, 0.25) is 5.02 Å². The Kier molecular flexibility index (Phi) is 4.38. The molecule has 2 N–H and O–H groups in total. The maximum atomic E-state index is 12.5. The molecule has 2 aromatic rings. The number of hydrogen-bond donors (Lipinski definition) is 1. The Bertz CT molecular complexity index is 812. The molecule has 25 heavy (non-hydrogen) atoms. The Hall–Kier alpha value is -2.61. The van der Waals surface area contributed by atoms with Crippen molar-refractivity contribution in [2.24, 2.45) is 18.2 Å². The molecule has 1 aromatic carbocycles. The summed E-state index contributed by atoms with van der Waals surface area (Å²) in [7, 11) is 3.08. The smallest absolute Gasteiger partial charge is 0.314 e. The van der Waals surface area contributed by atoms with Crippen molar-refractivity contribution in [3.8, 4) is 6.01 Å². The second-order valence-corrected chi connectivity index (χ2v) is 6.59. The maximum Gasteiger partial charge on any atom is 0.314 e. The molecular weight excluding hydrogens is 346 g/mol. The number of methoxy groups -OCH3 is 1. The second kappa shape index (κ2) is 6.36. The molecule has 0 unspecified atom stereocenters. The van der Waals surface area contributed by atoms with Gasteiger partial charge in [-0.15, -0.1) is 5.10 Å². The van der Waals surface area contributed by atoms with Crippen LogP contribution < -0.4 is 10.5 Å². The molecule has 2 amide bonds. The summed E-state index contributed by atoms with van der Waals surface area (Å²) in [6.45, 7) is 0.453. The normalized spacial score (nSPS) is 15.6. The van der Waals surface area contributed by atoms with Crippen LogP contribution in [-0.2, 0) is 18.3 Å². The van der Waals surface area contributed by atoms with Crippen molar-refractivity contribution in [3.63, 3.8) is 0 Å². The van der Waals surface area contributed by atoms with Gasteiger partial charge in [0, 0.05) is 25.2 Å². The fourth-order valence-corrected chi connectivity index (χ4v) is 3.08. The van der Waals surface area contributed by atoms with E-state index in [-0.39, 0.29) is 30.8 Å². The van der Waals surface area contributed by atoms with Crippen molar-refractivity contribution in [3.05, 3.63) is 40.7 Å². The van der Waals surface area contributed by atoms with Gasteiger partial charge in [-0.2, -0.15) is 4.98 Å². The Labute approximate surface area is 149 Å². The van der Waals surface area contributed by atoms with Gasteiger partial charge in [-0.05, 0) is 24.1 Å². The summed E-state index contributed by atoms with van der Waals surface area (Å²) in [5, 5.41) is 4.65. The van der Waals surface area contributed by atoms with Crippen LogP contribution in [-0.4, -0.2) is 51.7 Å². The molecule has 1 saturated heterocycles. The Morgan fingerprint density at radius 3 is 2.48 bits per heavy atom. The summed E-state index contributed by atoms with van der Waals surface area (Å²) >= 11 is 5.88. The largest absolute Gasteiger partial charge is 0.467 e. The first kappa shape index (κ1) is 17.2. The van der Waals surface area contributed by atoms with Crippen LogP contribution in [0.4, 0.5) is 0 Å². The standard InChI is InChI=1S/C16H18ClN5O3/c1-21-15(25-2)19-12(20-21)13(23)22-8-16(9-22,14(18)24)7-10-3-5-11(17)6-4-10/h3-6H,7-9H2,1-2H3,(H2,18,24). The van der Waals surface area contributed by atoms with Gasteiger partial charge in [-0.3, -0.25) is 9.59 Å². The predicted octanol–water partition coefficient (Wildman–Crippen LogP) is 0.647. The molecule has 2 heterocycles. The van der Waals surface area contributed by atoms with Crippen LogP contribution in [0.25, 0.3) is 0 Å². The molecule has 0 radical (unpaired) electrons. The van der Waals surface area contributed by atoms with Gasteiger partial charge in [0.1, 0.15) is 0 Å². The van der Waals surface area contributed by atoms with E-state index >= 15 is 0 Å². The highest BCUT2D eigenvalue weighted by Crippen LogP contribution is 2.35. The summed E-state index contributed by atoms with van der Waals surface area (Å²) in [5.74, 6) is -0.756. The summed E-state index contributed by atoms with van der Waals surface area (Å²) < 4.78 is 6.39. The lowest BCUT2D eigenvalue weighted by Crippen LogP contribution is -2.65. The van der Waals surface area contributed by atoms with Crippen LogP contribution in [0.15, 0.2) is 24.3 Å². The third-order valence-electron chi connectivity index (χ3n) is 4.35. The molecule has 0 saturated carbocycles. The number of aryl methyl sites for hydroxylation is 1. The number of hydrogen-bond acceptors (Lipinski definition) is 5. The van der Waals surface area contributed by atoms with E-state index in [0.717, 1.165) is 5.56 Å². The number of carbonyl (C=O) groups is 2. The van der Waals surface area contributed by atoms with E-state index in [1.54, 1.807) is 19.2 Å². The van der Waals surface area contributed by atoms with Gasteiger partial charge < -0.3 is 15.4 Å². The van der Waals surface area contributed by atoms with Gasteiger partial charge >= 0.3 is 6.01 Å². The van der Waals surface area contributed by atoms with Crippen molar-refractivity contribution in [2.45, 2.75) is 6.42 Å². The number of amides is 2. The number of carbonyl (C=O) groups excluding carboxylic acids is 2. The molecule has 0 aliphatic carbocycles. The summed E-state index contributed by atoms with van der Waals surface area (Å²) in [5.41, 5.74) is 5.75. The molecule has 1 aromatic heterocycles. The molecule has 0 spiro atoms. The minimum atomic E-state index is -0.789. The molecule has 0 atom stereocenters. The Balaban J connectivity index is 1.72. The highest BCUT2D eigenvalue weighted by molar-refractivity contribution is 6.30. The van der Waals surface area contributed by atoms with E-state index < -0.39 is 11.3 Å². The van der Waals surface area contributed by atoms with Crippen molar-refractivity contribution in [2.75, 3.05) is 20.2 Å². The monoisotopic (exact) mass is 363 g/mol. The molecule has 8 nitrogen and oxygen atoms in total. The third kappa shape index (κ3) is 3.17. The molecule has 1 aliphatic heterocycles.